The largest absolute Gasteiger partial charge is 0.355 e. The third-order valence-electron chi connectivity index (χ3n) is 9.79. The molecule has 2 aromatic heterocycles. The van der Waals surface area contributed by atoms with Crippen molar-refractivity contribution in [3.05, 3.63) is 157 Å². The Morgan fingerprint density at radius 2 is 1.27 bits per heavy atom. The molecule has 9 rings (SSSR count). The van der Waals surface area contributed by atoms with Crippen LogP contribution in [0.4, 0.5) is 34.1 Å². The van der Waals surface area contributed by atoms with E-state index >= 15 is 0 Å². The average molecular weight is 622 g/mol. The Labute approximate surface area is 280 Å². The predicted molar refractivity (Wildman–Crippen MR) is 202 cm³/mol. The molecule has 0 saturated heterocycles. The third-order valence-corrected chi connectivity index (χ3v) is 9.79. The minimum absolute atomic E-state index is 0.803. The van der Waals surface area contributed by atoms with E-state index < -0.39 is 0 Å². The zero-order valence-electron chi connectivity index (χ0n) is 27.3. The maximum Gasteiger partial charge on any atom is 0.145 e. The summed E-state index contributed by atoms with van der Waals surface area (Å²) in [6, 6.07) is 50.2. The van der Waals surface area contributed by atoms with Gasteiger partial charge in [0.25, 0.3) is 0 Å². The van der Waals surface area contributed by atoms with Gasteiger partial charge in [0.2, 0.25) is 0 Å². The maximum absolute atomic E-state index is 5.13. The minimum atomic E-state index is 0.803. The van der Waals surface area contributed by atoms with Gasteiger partial charge in [-0.05, 0) is 91.0 Å². The summed E-state index contributed by atoms with van der Waals surface area (Å²) in [6.07, 6.45) is 2.05. The lowest BCUT2D eigenvalue weighted by atomic mass is 10.00. The molecule has 0 fully saturated rings. The molecular weight excluding hydrogens is 587 g/mol. The molecule has 0 radical (unpaired) electrons. The third kappa shape index (κ3) is 4.35. The second-order valence-electron chi connectivity index (χ2n) is 12.8. The molecule has 1 aliphatic heterocycles. The summed E-state index contributed by atoms with van der Waals surface area (Å²) in [6.45, 7) is 5.18. The number of aryl methyl sites for hydroxylation is 2. The van der Waals surface area contributed by atoms with Crippen LogP contribution in [0.15, 0.2) is 146 Å². The molecule has 0 N–H and O–H groups in total. The predicted octanol–water partition coefficient (Wildman–Crippen LogP) is 10.9. The SMILES string of the molecule is Cc1cccc(C)c1-c1cnc2c3cc(N(c4ccccc4)c4cccc(N5CN(C)c6ccccc65)c4)ccc3c3ccccc3n12. The topological polar surface area (TPSA) is 27.0 Å². The first-order chi connectivity index (χ1) is 23.6. The molecule has 0 spiro atoms. The Bertz CT molecular complexity index is 2480. The smallest absolute Gasteiger partial charge is 0.145 e. The number of rotatable bonds is 5. The standard InChI is InChI=1S/C43H35N5/c1-29-13-11-14-30(2)42(29)41-27-44-43-37-26-34(23-24-35(37)36-19-7-8-20-38(36)48(41)43)47(31-15-5-4-6-16-31)33-18-12-17-32(25-33)46-28-45(3)39-21-9-10-22-40(39)46/h4-27H,28H2,1-3H3. The van der Waals surface area contributed by atoms with Gasteiger partial charge in [-0.3, -0.25) is 4.40 Å². The van der Waals surface area contributed by atoms with Crippen molar-refractivity contribution in [2.24, 2.45) is 0 Å². The molecule has 8 aromatic rings. The summed E-state index contributed by atoms with van der Waals surface area (Å²) in [7, 11) is 2.15. The number of hydrogen-bond acceptors (Lipinski definition) is 4. The normalized spacial score (nSPS) is 12.7. The maximum atomic E-state index is 5.13. The molecule has 232 valence electrons. The van der Waals surface area contributed by atoms with E-state index in [1.807, 2.05) is 6.20 Å². The molecule has 0 bridgehead atoms. The highest BCUT2D eigenvalue weighted by Crippen LogP contribution is 2.44. The fourth-order valence-electron chi connectivity index (χ4n) is 7.59. The van der Waals surface area contributed by atoms with Crippen LogP contribution in [0.5, 0.6) is 0 Å². The van der Waals surface area contributed by atoms with Crippen LogP contribution in [-0.4, -0.2) is 23.1 Å². The van der Waals surface area contributed by atoms with Gasteiger partial charge in [0, 0.05) is 46.1 Å². The second kappa shape index (κ2) is 11.0. The number of anilines is 6. The van der Waals surface area contributed by atoms with Crippen LogP contribution in [0, 0.1) is 13.8 Å². The number of hydrogen-bond donors (Lipinski definition) is 0. The van der Waals surface area contributed by atoms with Gasteiger partial charge in [-0.2, -0.15) is 0 Å². The lowest BCUT2D eigenvalue weighted by Crippen LogP contribution is -2.24. The van der Waals surface area contributed by atoms with Crippen molar-refractivity contribution in [1.29, 1.82) is 0 Å². The van der Waals surface area contributed by atoms with Gasteiger partial charge in [-0.1, -0.05) is 78.9 Å². The Hall–Kier alpha value is -6.07. The van der Waals surface area contributed by atoms with E-state index in [9.17, 15) is 0 Å². The van der Waals surface area contributed by atoms with Crippen LogP contribution in [0.3, 0.4) is 0 Å². The molecule has 6 aromatic carbocycles. The van der Waals surface area contributed by atoms with Crippen molar-refractivity contribution in [3.63, 3.8) is 0 Å². The summed E-state index contributed by atoms with van der Waals surface area (Å²) in [5.74, 6) is 0. The highest BCUT2D eigenvalue weighted by atomic mass is 15.4. The quantitative estimate of drug-likeness (QED) is 0.179. The van der Waals surface area contributed by atoms with Gasteiger partial charge in [0.15, 0.2) is 0 Å². The minimum Gasteiger partial charge on any atom is -0.355 e. The fourth-order valence-corrected chi connectivity index (χ4v) is 7.59. The zero-order valence-corrected chi connectivity index (χ0v) is 27.3. The number of nitrogens with zero attached hydrogens (tertiary/aromatic N) is 5. The molecule has 0 unspecified atom stereocenters. The molecule has 0 amide bonds. The lowest BCUT2D eigenvalue weighted by molar-refractivity contribution is 0.949. The molecule has 5 heteroatoms. The first-order valence-electron chi connectivity index (χ1n) is 16.5. The van der Waals surface area contributed by atoms with Gasteiger partial charge >= 0.3 is 0 Å². The summed E-state index contributed by atoms with van der Waals surface area (Å²) in [5.41, 5.74) is 13.9. The zero-order chi connectivity index (χ0) is 32.4. The lowest BCUT2D eigenvalue weighted by Gasteiger charge is -2.28. The van der Waals surface area contributed by atoms with E-state index in [4.69, 9.17) is 4.98 Å². The molecular formula is C43H35N5. The van der Waals surface area contributed by atoms with Crippen LogP contribution in [0.1, 0.15) is 11.1 Å². The molecule has 5 nitrogen and oxygen atoms in total. The number of fused-ring (bicyclic) bond motifs is 7. The number of para-hydroxylation sites is 4. The first kappa shape index (κ1) is 28.2. The Morgan fingerprint density at radius 1 is 0.583 bits per heavy atom. The van der Waals surface area contributed by atoms with Gasteiger partial charge < -0.3 is 14.7 Å². The molecule has 0 atom stereocenters. The first-order valence-corrected chi connectivity index (χ1v) is 16.5. The number of pyridine rings is 1. The molecule has 48 heavy (non-hydrogen) atoms. The summed E-state index contributed by atoms with van der Waals surface area (Å²) < 4.78 is 2.35. The molecule has 0 saturated carbocycles. The van der Waals surface area contributed by atoms with E-state index in [0.717, 1.165) is 51.7 Å². The van der Waals surface area contributed by atoms with Crippen molar-refractivity contribution in [1.82, 2.24) is 9.38 Å². The van der Waals surface area contributed by atoms with Crippen LogP contribution in [0.2, 0.25) is 0 Å². The van der Waals surface area contributed by atoms with Crippen LogP contribution in [-0.2, 0) is 0 Å². The number of benzene rings is 6. The summed E-state index contributed by atoms with van der Waals surface area (Å²) in [5, 5.41) is 3.52. The van der Waals surface area contributed by atoms with Crippen LogP contribution < -0.4 is 14.7 Å². The van der Waals surface area contributed by atoms with E-state index in [1.54, 1.807) is 0 Å². The Kier molecular flexibility index (Phi) is 6.47. The van der Waals surface area contributed by atoms with E-state index in [0.29, 0.717) is 0 Å². The molecule has 0 aliphatic carbocycles. The van der Waals surface area contributed by atoms with Gasteiger partial charge in [0.1, 0.15) is 5.65 Å². The average Bonchev–Trinajstić information content (AvgIpc) is 3.71. The fraction of sp³-hybridized carbons (Fsp3) is 0.0930. The number of imidazole rings is 1. The van der Waals surface area contributed by atoms with Crippen molar-refractivity contribution in [2.75, 3.05) is 28.4 Å². The number of aromatic nitrogens is 2. The highest BCUT2D eigenvalue weighted by Gasteiger charge is 2.25. The van der Waals surface area contributed by atoms with Gasteiger partial charge in [-0.25, -0.2) is 4.98 Å². The summed E-state index contributed by atoms with van der Waals surface area (Å²) >= 11 is 0. The summed E-state index contributed by atoms with van der Waals surface area (Å²) in [4.78, 5) is 12.2. The molecule has 1 aliphatic rings. The van der Waals surface area contributed by atoms with E-state index in [1.165, 1.54) is 38.8 Å². The Balaban J connectivity index is 1.26. The van der Waals surface area contributed by atoms with E-state index in [-0.39, 0.29) is 0 Å². The second-order valence-corrected chi connectivity index (χ2v) is 12.8. The van der Waals surface area contributed by atoms with Crippen molar-refractivity contribution >= 4 is 61.4 Å². The van der Waals surface area contributed by atoms with Gasteiger partial charge in [0.05, 0.1) is 35.5 Å². The van der Waals surface area contributed by atoms with Crippen molar-refractivity contribution < 1.29 is 0 Å². The highest BCUT2D eigenvalue weighted by molar-refractivity contribution is 6.13. The van der Waals surface area contributed by atoms with Crippen molar-refractivity contribution in [3.8, 4) is 11.3 Å². The van der Waals surface area contributed by atoms with E-state index in [2.05, 4.69) is 180 Å². The van der Waals surface area contributed by atoms with Crippen LogP contribution in [0.25, 0.3) is 38.6 Å². The molecule has 3 heterocycles. The van der Waals surface area contributed by atoms with Crippen LogP contribution >= 0.6 is 0 Å². The van der Waals surface area contributed by atoms with Crippen molar-refractivity contribution in [2.45, 2.75) is 13.8 Å². The Morgan fingerprint density at radius 3 is 2.10 bits per heavy atom. The monoisotopic (exact) mass is 621 g/mol. The van der Waals surface area contributed by atoms with Gasteiger partial charge in [-0.15, -0.1) is 0 Å².